The fourth-order valence-corrected chi connectivity index (χ4v) is 4.70. The molecule has 3 heterocycles. The van der Waals surface area contributed by atoms with E-state index in [-0.39, 0.29) is 23.9 Å². The van der Waals surface area contributed by atoms with Crippen molar-refractivity contribution >= 4 is 9.84 Å². The zero-order valence-corrected chi connectivity index (χ0v) is 20.3. The van der Waals surface area contributed by atoms with Crippen molar-refractivity contribution in [1.82, 2.24) is 39.7 Å². The highest BCUT2D eigenvalue weighted by molar-refractivity contribution is 7.91. The van der Waals surface area contributed by atoms with Crippen LogP contribution in [0.2, 0.25) is 0 Å². The zero-order valence-electron chi connectivity index (χ0n) is 19.5. The van der Waals surface area contributed by atoms with E-state index in [1.54, 1.807) is 29.8 Å². The number of methoxy groups -OCH3 is 2. The number of para-hydroxylation sites is 1. The second kappa shape index (κ2) is 9.74. The number of aromatic nitrogens is 8. The molecule has 0 aliphatic rings. The Labute approximate surface area is 200 Å². The van der Waals surface area contributed by atoms with Crippen molar-refractivity contribution in [3.63, 3.8) is 0 Å². The molecule has 0 aliphatic carbocycles. The maximum absolute atomic E-state index is 13.3. The van der Waals surface area contributed by atoms with Crippen molar-refractivity contribution in [3.05, 3.63) is 54.3 Å². The first-order valence-corrected chi connectivity index (χ1v) is 12.2. The van der Waals surface area contributed by atoms with E-state index in [9.17, 15) is 12.8 Å². The SMILES string of the molecule is COc1cccc(OC)c1-n1c(CS(=O)(=O)[C@@H](C)Cc2ncc(F)cn2)nnc1-c1cnn(C)n1. The standard InChI is InChI=1S/C21H23FN8O4S/c1-13(8-18-23-9-14(22)10-24-18)35(31,32)12-19-26-27-21(15-11-25-29(2)28-15)30(19)20-16(33-3)6-5-7-17(20)34-4/h5-7,9-11,13H,8,12H2,1-4H3/t13-/m0/s1. The summed E-state index contributed by atoms with van der Waals surface area (Å²) in [5.41, 5.74) is 0.798. The molecule has 3 aromatic heterocycles. The van der Waals surface area contributed by atoms with Gasteiger partial charge in [0.2, 0.25) is 0 Å². The summed E-state index contributed by atoms with van der Waals surface area (Å²) >= 11 is 0. The molecular formula is C21H23FN8O4S. The van der Waals surface area contributed by atoms with Crippen LogP contribution in [0.25, 0.3) is 17.2 Å². The van der Waals surface area contributed by atoms with Gasteiger partial charge in [-0.2, -0.15) is 15.0 Å². The fourth-order valence-electron chi connectivity index (χ4n) is 3.46. The van der Waals surface area contributed by atoms with Crippen LogP contribution in [0.3, 0.4) is 0 Å². The third-order valence-corrected chi connectivity index (χ3v) is 7.32. The Balaban J connectivity index is 1.79. The molecule has 4 aromatic rings. The topological polar surface area (TPSA) is 140 Å². The maximum atomic E-state index is 13.3. The van der Waals surface area contributed by atoms with Crippen LogP contribution in [0.1, 0.15) is 18.6 Å². The molecule has 4 rings (SSSR count). The Morgan fingerprint density at radius 1 is 1.06 bits per heavy atom. The van der Waals surface area contributed by atoms with E-state index in [4.69, 9.17) is 9.47 Å². The van der Waals surface area contributed by atoms with Gasteiger partial charge in [0.1, 0.15) is 28.8 Å². The lowest BCUT2D eigenvalue weighted by Gasteiger charge is -2.17. The molecular weight excluding hydrogens is 479 g/mol. The van der Waals surface area contributed by atoms with E-state index in [1.807, 2.05) is 0 Å². The van der Waals surface area contributed by atoms with Crippen molar-refractivity contribution in [3.8, 4) is 28.7 Å². The lowest BCUT2D eigenvalue weighted by molar-refractivity contribution is 0.390. The number of sulfone groups is 1. The van der Waals surface area contributed by atoms with E-state index in [0.717, 1.165) is 12.4 Å². The normalized spacial score (nSPS) is 12.5. The molecule has 0 saturated carbocycles. The second-order valence-electron chi connectivity index (χ2n) is 7.65. The van der Waals surface area contributed by atoms with Crippen LogP contribution in [-0.2, 0) is 29.1 Å². The number of aryl methyl sites for hydroxylation is 1. The first-order chi connectivity index (χ1) is 16.7. The maximum Gasteiger partial charge on any atom is 0.191 e. The van der Waals surface area contributed by atoms with Gasteiger partial charge in [-0.05, 0) is 19.1 Å². The molecule has 0 spiro atoms. The molecule has 1 atom stereocenters. The molecule has 0 bridgehead atoms. The van der Waals surface area contributed by atoms with Gasteiger partial charge >= 0.3 is 0 Å². The lowest BCUT2D eigenvalue weighted by atomic mass is 10.2. The smallest absolute Gasteiger partial charge is 0.191 e. The van der Waals surface area contributed by atoms with Gasteiger partial charge in [-0.15, -0.1) is 10.2 Å². The van der Waals surface area contributed by atoms with Crippen LogP contribution in [0.5, 0.6) is 11.5 Å². The van der Waals surface area contributed by atoms with Crippen LogP contribution in [0.4, 0.5) is 4.39 Å². The number of benzene rings is 1. The number of rotatable bonds is 9. The van der Waals surface area contributed by atoms with Gasteiger partial charge in [0.05, 0.1) is 38.1 Å². The van der Waals surface area contributed by atoms with Gasteiger partial charge in [-0.3, -0.25) is 4.57 Å². The summed E-state index contributed by atoms with van der Waals surface area (Å²) in [5, 5.41) is 15.9. The lowest BCUT2D eigenvalue weighted by Crippen LogP contribution is -2.24. The number of nitrogens with zero attached hydrogens (tertiary/aromatic N) is 8. The van der Waals surface area contributed by atoms with Crippen LogP contribution in [0.15, 0.2) is 36.8 Å². The molecule has 1 aromatic carbocycles. The monoisotopic (exact) mass is 502 g/mol. The number of hydrogen-bond acceptors (Lipinski definition) is 10. The summed E-state index contributed by atoms with van der Waals surface area (Å²) in [5.74, 6) is 0.390. The third kappa shape index (κ3) is 4.96. The number of halogens is 1. The van der Waals surface area contributed by atoms with Crippen LogP contribution >= 0.6 is 0 Å². The van der Waals surface area contributed by atoms with E-state index in [2.05, 4.69) is 30.4 Å². The Hall–Kier alpha value is -3.94. The molecule has 0 unspecified atom stereocenters. The van der Waals surface area contributed by atoms with Crippen LogP contribution in [0, 0.1) is 5.82 Å². The average Bonchev–Trinajstić information content (AvgIpc) is 3.45. The molecule has 35 heavy (non-hydrogen) atoms. The molecule has 0 amide bonds. The molecule has 0 radical (unpaired) electrons. The summed E-state index contributed by atoms with van der Waals surface area (Å²) in [6, 6.07) is 5.17. The highest BCUT2D eigenvalue weighted by atomic mass is 32.2. The van der Waals surface area contributed by atoms with E-state index in [0.29, 0.717) is 22.9 Å². The minimum Gasteiger partial charge on any atom is -0.494 e. The summed E-state index contributed by atoms with van der Waals surface area (Å²) in [7, 11) is 0.860. The molecule has 0 saturated heterocycles. The largest absolute Gasteiger partial charge is 0.494 e. The van der Waals surface area contributed by atoms with Crippen molar-refractivity contribution in [2.24, 2.45) is 7.05 Å². The Kier molecular flexibility index (Phi) is 6.73. The van der Waals surface area contributed by atoms with Gasteiger partial charge in [0.15, 0.2) is 33.0 Å². The van der Waals surface area contributed by atoms with E-state index < -0.39 is 26.7 Å². The Morgan fingerprint density at radius 3 is 2.29 bits per heavy atom. The first kappa shape index (κ1) is 24.2. The zero-order chi connectivity index (χ0) is 25.2. The van der Waals surface area contributed by atoms with Crippen LogP contribution in [-0.4, -0.2) is 67.6 Å². The summed E-state index contributed by atoms with van der Waals surface area (Å²) in [4.78, 5) is 9.08. The molecule has 184 valence electrons. The predicted octanol–water partition coefficient (Wildman–Crippen LogP) is 1.56. The highest BCUT2D eigenvalue weighted by Crippen LogP contribution is 2.36. The molecule has 14 heteroatoms. The van der Waals surface area contributed by atoms with Crippen molar-refractivity contribution in [1.29, 1.82) is 0 Å². The quantitative estimate of drug-likeness (QED) is 0.331. The van der Waals surface area contributed by atoms with E-state index in [1.165, 1.54) is 32.1 Å². The van der Waals surface area contributed by atoms with Gasteiger partial charge in [0.25, 0.3) is 0 Å². The minimum absolute atomic E-state index is 0.00570. The van der Waals surface area contributed by atoms with Gasteiger partial charge in [0, 0.05) is 13.5 Å². The summed E-state index contributed by atoms with van der Waals surface area (Å²) in [6.07, 6.45) is 3.50. The molecule has 0 N–H and O–H groups in total. The van der Waals surface area contributed by atoms with Gasteiger partial charge in [-0.25, -0.2) is 22.8 Å². The van der Waals surface area contributed by atoms with Crippen molar-refractivity contribution in [2.45, 2.75) is 24.3 Å². The Bertz CT molecular complexity index is 1410. The molecule has 0 fully saturated rings. The van der Waals surface area contributed by atoms with Gasteiger partial charge < -0.3 is 9.47 Å². The van der Waals surface area contributed by atoms with Crippen LogP contribution < -0.4 is 9.47 Å². The molecule has 0 aliphatic heterocycles. The average molecular weight is 503 g/mol. The predicted molar refractivity (Wildman–Crippen MR) is 122 cm³/mol. The van der Waals surface area contributed by atoms with Gasteiger partial charge in [-0.1, -0.05) is 6.07 Å². The fraction of sp³-hybridized carbons (Fsp3) is 0.333. The van der Waals surface area contributed by atoms with Crippen molar-refractivity contribution in [2.75, 3.05) is 14.2 Å². The summed E-state index contributed by atoms with van der Waals surface area (Å²) in [6.45, 7) is 1.54. The summed E-state index contributed by atoms with van der Waals surface area (Å²) < 4.78 is 52.4. The Morgan fingerprint density at radius 2 is 1.71 bits per heavy atom. The molecule has 12 nitrogen and oxygen atoms in total. The third-order valence-electron chi connectivity index (χ3n) is 5.27. The highest BCUT2D eigenvalue weighted by Gasteiger charge is 2.30. The first-order valence-electron chi connectivity index (χ1n) is 10.4. The second-order valence-corrected chi connectivity index (χ2v) is 10.1. The number of hydrogen-bond donors (Lipinski definition) is 0. The van der Waals surface area contributed by atoms with Crippen molar-refractivity contribution < 1.29 is 22.3 Å². The minimum atomic E-state index is -3.77. The van der Waals surface area contributed by atoms with E-state index >= 15 is 0 Å². The number of ether oxygens (including phenoxy) is 2.